The maximum atomic E-state index is 13.4. The van der Waals surface area contributed by atoms with E-state index in [1.165, 1.54) is 14.2 Å². The highest BCUT2D eigenvalue weighted by molar-refractivity contribution is 6.28. The number of aryl methyl sites for hydroxylation is 1. The molecule has 8 heteroatoms. The SMILES string of the molecule is COc1[nH]c(=O)c(C(=O)[C@@H](Cc2cccc(C)c2)C[C@H](C)[C@@H](Cl)CCl)c(O)c1OC. The Morgan fingerprint density at radius 1 is 1.27 bits per heavy atom. The zero-order valence-corrected chi connectivity index (χ0v) is 19.0. The van der Waals surface area contributed by atoms with Gasteiger partial charge in [0.2, 0.25) is 11.6 Å². The number of ether oxygens (including phenoxy) is 2. The third kappa shape index (κ3) is 5.49. The summed E-state index contributed by atoms with van der Waals surface area (Å²) in [6.07, 6.45) is 0.796. The molecule has 0 fully saturated rings. The Bertz CT molecular complexity index is 944. The first-order chi connectivity index (χ1) is 14.2. The summed E-state index contributed by atoms with van der Waals surface area (Å²) in [4.78, 5) is 28.5. The Morgan fingerprint density at radius 3 is 2.53 bits per heavy atom. The van der Waals surface area contributed by atoms with Gasteiger partial charge in [-0.15, -0.1) is 23.2 Å². The van der Waals surface area contributed by atoms with Crippen molar-refractivity contribution in [3.63, 3.8) is 0 Å². The second-order valence-electron chi connectivity index (χ2n) is 7.38. The topological polar surface area (TPSA) is 88.6 Å². The van der Waals surface area contributed by atoms with Crippen LogP contribution in [0.2, 0.25) is 0 Å². The first-order valence-electron chi connectivity index (χ1n) is 9.60. The second-order valence-corrected chi connectivity index (χ2v) is 8.25. The number of benzene rings is 1. The normalized spacial score (nSPS) is 14.1. The van der Waals surface area contributed by atoms with Crippen LogP contribution in [-0.4, -0.2) is 41.4 Å². The van der Waals surface area contributed by atoms with Crippen LogP contribution in [0.1, 0.15) is 34.8 Å². The maximum absolute atomic E-state index is 13.4. The zero-order valence-electron chi connectivity index (χ0n) is 17.5. The molecule has 6 nitrogen and oxygen atoms in total. The fraction of sp³-hybridized carbons (Fsp3) is 0.455. The highest BCUT2D eigenvalue weighted by Gasteiger charge is 2.31. The number of H-pyrrole nitrogens is 1. The van der Waals surface area contributed by atoms with Crippen molar-refractivity contribution in [3.8, 4) is 17.4 Å². The second kappa shape index (κ2) is 10.7. The molecule has 0 unspecified atom stereocenters. The lowest BCUT2D eigenvalue weighted by Gasteiger charge is -2.23. The Morgan fingerprint density at radius 2 is 1.97 bits per heavy atom. The van der Waals surface area contributed by atoms with Crippen LogP contribution in [0, 0.1) is 18.8 Å². The first-order valence-corrected chi connectivity index (χ1v) is 10.6. The number of ketones is 1. The molecule has 2 aromatic rings. The van der Waals surface area contributed by atoms with Gasteiger partial charge in [0.05, 0.1) is 14.2 Å². The van der Waals surface area contributed by atoms with Gasteiger partial charge in [0.1, 0.15) is 5.56 Å². The van der Waals surface area contributed by atoms with Crippen LogP contribution in [0.15, 0.2) is 29.1 Å². The molecule has 1 heterocycles. The van der Waals surface area contributed by atoms with Crippen LogP contribution in [0.4, 0.5) is 0 Å². The number of nitrogens with one attached hydrogen (secondary N) is 1. The van der Waals surface area contributed by atoms with Crippen molar-refractivity contribution in [1.29, 1.82) is 0 Å². The molecule has 0 amide bonds. The van der Waals surface area contributed by atoms with Crippen LogP contribution < -0.4 is 15.0 Å². The van der Waals surface area contributed by atoms with Crippen molar-refractivity contribution < 1.29 is 19.4 Å². The number of rotatable bonds is 10. The third-order valence-electron chi connectivity index (χ3n) is 5.12. The van der Waals surface area contributed by atoms with Gasteiger partial charge in [-0.25, -0.2) is 0 Å². The molecule has 0 aliphatic carbocycles. The van der Waals surface area contributed by atoms with Crippen molar-refractivity contribution >= 4 is 29.0 Å². The molecule has 3 atom stereocenters. The van der Waals surface area contributed by atoms with Gasteiger partial charge in [0.25, 0.3) is 5.56 Å². The van der Waals surface area contributed by atoms with E-state index in [0.29, 0.717) is 12.8 Å². The number of halogens is 2. The molecule has 2 rings (SSSR count). The molecule has 1 aromatic carbocycles. The van der Waals surface area contributed by atoms with Crippen LogP contribution in [0.25, 0.3) is 0 Å². The maximum Gasteiger partial charge on any atom is 0.265 e. The van der Waals surface area contributed by atoms with E-state index in [1.54, 1.807) is 0 Å². The largest absolute Gasteiger partial charge is 0.503 e. The van der Waals surface area contributed by atoms with Crippen molar-refractivity contribution in [1.82, 2.24) is 4.98 Å². The number of aromatic nitrogens is 1. The summed E-state index contributed by atoms with van der Waals surface area (Å²) in [5.74, 6) is -1.59. The Hall–Kier alpha value is -2.18. The average molecular weight is 456 g/mol. The predicted octanol–water partition coefficient (Wildman–Crippen LogP) is 4.32. The van der Waals surface area contributed by atoms with Gasteiger partial charge in [0, 0.05) is 17.2 Å². The van der Waals surface area contributed by atoms with Crippen molar-refractivity contribution in [3.05, 3.63) is 51.3 Å². The number of aromatic hydroxyl groups is 1. The molecule has 164 valence electrons. The van der Waals surface area contributed by atoms with Gasteiger partial charge in [-0.2, -0.15) is 0 Å². The average Bonchev–Trinajstić information content (AvgIpc) is 2.71. The number of methoxy groups -OCH3 is 2. The van der Waals surface area contributed by atoms with Gasteiger partial charge in [-0.1, -0.05) is 36.8 Å². The van der Waals surface area contributed by atoms with E-state index >= 15 is 0 Å². The summed E-state index contributed by atoms with van der Waals surface area (Å²) in [5, 5.41) is 10.3. The summed E-state index contributed by atoms with van der Waals surface area (Å²) in [6.45, 7) is 3.88. The molecular weight excluding hydrogens is 429 g/mol. The zero-order chi connectivity index (χ0) is 22.4. The lowest BCUT2D eigenvalue weighted by atomic mass is 9.83. The molecule has 0 bridgehead atoms. The quantitative estimate of drug-likeness (QED) is 0.411. The van der Waals surface area contributed by atoms with Crippen LogP contribution in [0.5, 0.6) is 17.4 Å². The summed E-state index contributed by atoms with van der Waals surface area (Å²) >= 11 is 12.2. The molecule has 2 N–H and O–H groups in total. The number of Topliss-reactive ketones (excluding diaryl/α,β-unsaturated/α-hetero) is 1. The summed E-state index contributed by atoms with van der Waals surface area (Å²) in [5.41, 5.74) is 0.926. The molecule has 0 saturated carbocycles. The highest BCUT2D eigenvalue weighted by Crippen LogP contribution is 2.37. The number of hydrogen-bond donors (Lipinski definition) is 2. The van der Waals surface area contributed by atoms with Gasteiger partial charge in [-0.05, 0) is 31.2 Å². The van der Waals surface area contributed by atoms with Crippen LogP contribution >= 0.6 is 23.2 Å². The lowest BCUT2D eigenvalue weighted by Crippen LogP contribution is -2.29. The number of aromatic amines is 1. The molecule has 1 aromatic heterocycles. The number of carbonyl (C=O) groups is 1. The number of carbonyl (C=O) groups excluding carboxylic acids is 1. The Balaban J connectivity index is 2.49. The molecule has 0 saturated heterocycles. The Labute approximate surface area is 186 Å². The molecular formula is C22H27Cl2NO5. The first kappa shape index (κ1) is 24.1. The minimum Gasteiger partial charge on any atom is -0.503 e. The van der Waals surface area contributed by atoms with Crippen molar-refractivity contribution in [2.45, 2.75) is 32.1 Å². The van der Waals surface area contributed by atoms with E-state index in [0.717, 1.165) is 11.1 Å². The molecule has 0 aliphatic rings. The highest BCUT2D eigenvalue weighted by atomic mass is 35.5. The fourth-order valence-electron chi connectivity index (χ4n) is 3.47. The van der Waals surface area contributed by atoms with Gasteiger partial charge < -0.3 is 14.6 Å². The minimum absolute atomic E-state index is 0.0527. The number of alkyl halides is 2. The Kier molecular flexibility index (Phi) is 8.62. The smallest absolute Gasteiger partial charge is 0.265 e. The standard InChI is InChI=1S/C22H27Cl2NO5/c1-12-6-5-7-14(8-12)10-15(9-13(2)16(24)11-23)18(26)17-19(27)20(29-3)22(30-4)25-21(17)28/h5-8,13,15-16H,9-11H2,1-4H3,(H2,25,27,28)/t13-,15+,16-/m0/s1. The monoisotopic (exact) mass is 455 g/mol. The van der Waals surface area contributed by atoms with Gasteiger partial charge in [0.15, 0.2) is 11.5 Å². The van der Waals surface area contributed by atoms with E-state index in [4.69, 9.17) is 32.7 Å². The molecule has 0 aliphatic heterocycles. The number of hydrogen-bond acceptors (Lipinski definition) is 5. The van der Waals surface area contributed by atoms with E-state index in [1.807, 2.05) is 38.1 Å². The van der Waals surface area contributed by atoms with E-state index in [9.17, 15) is 14.7 Å². The molecule has 0 radical (unpaired) electrons. The fourth-order valence-corrected chi connectivity index (χ4v) is 3.88. The van der Waals surface area contributed by atoms with Gasteiger partial charge >= 0.3 is 0 Å². The van der Waals surface area contributed by atoms with E-state index in [2.05, 4.69) is 4.98 Å². The summed E-state index contributed by atoms with van der Waals surface area (Å²) in [7, 11) is 2.64. The molecule has 0 spiro atoms. The minimum atomic E-state index is -0.739. The third-order valence-corrected chi connectivity index (χ3v) is 6.20. The van der Waals surface area contributed by atoms with E-state index < -0.39 is 23.0 Å². The molecule has 30 heavy (non-hydrogen) atoms. The van der Waals surface area contributed by atoms with Gasteiger partial charge in [-0.3, -0.25) is 14.6 Å². The van der Waals surface area contributed by atoms with Crippen molar-refractivity contribution in [2.24, 2.45) is 11.8 Å². The lowest BCUT2D eigenvalue weighted by molar-refractivity contribution is 0.0895. The summed E-state index contributed by atoms with van der Waals surface area (Å²) in [6, 6.07) is 7.80. The van der Waals surface area contributed by atoms with Crippen molar-refractivity contribution in [2.75, 3.05) is 20.1 Å². The van der Waals surface area contributed by atoms with Crippen LogP contribution in [-0.2, 0) is 6.42 Å². The van der Waals surface area contributed by atoms with Crippen LogP contribution in [0.3, 0.4) is 0 Å². The van der Waals surface area contributed by atoms with E-state index in [-0.39, 0.29) is 34.4 Å². The number of pyridine rings is 1. The summed E-state index contributed by atoms with van der Waals surface area (Å²) < 4.78 is 10.2. The predicted molar refractivity (Wildman–Crippen MR) is 119 cm³/mol.